The van der Waals surface area contributed by atoms with Gasteiger partial charge in [0.15, 0.2) is 5.78 Å². The molecule has 1 aromatic carbocycles. The van der Waals surface area contributed by atoms with Crippen molar-refractivity contribution in [2.24, 2.45) is 5.41 Å². The van der Waals surface area contributed by atoms with Gasteiger partial charge in [-0.2, -0.15) is 5.26 Å². The summed E-state index contributed by atoms with van der Waals surface area (Å²) in [5.74, 6) is 0.346. The summed E-state index contributed by atoms with van der Waals surface area (Å²) in [4.78, 5) is 11.5. The highest BCUT2D eigenvalue weighted by Gasteiger charge is 2.27. The van der Waals surface area contributed by atoms with Gasteiger partial charge >= 0.3 is 0 Å². The highest BCUT2D eigenvalue weighted by atomic mass is 16.5. The van der Waals surface area contributed by atoms with Gasteiger partial charge in [-0.3, -0.25) is 4.79 Å². The molecule has 0 heterocycles. The van der Waals surface area contributed by atoms with E-state index >= 15 is 0 Å². The number of aromatic hydroxyl groups is 1. The highest BCUT2D eigenvalue weighted by molar-refractivity contribution is 5.87. The molecule has 0 aromatic heterocycles. The Morgan fingerprint density at radius 2 is 2.00 bits per heavy atom. The minimum atomic E-state index is -1.03. The third-order valence-electron chi connectivity index (χ3n) is 2.18. The summed E-state index contributed by atoms with van der Waals surface area (Å²) in [6.45, 7) is 2.95. The Bertz CT molecular complexity index is 415. The van der Waals surface area contributed by atoms with Gasteiger partial charge in [0.25, 0.3) is 0 Å². The van der Waals surface area contributed by atoms with Gasteiger partial charge in [-0.25, -0.2) is 0 Å². The monoisotopic (exact) mass is 219 g/mol. The molecule has 84 valence electrons. The van der Waals surface area contributed by atoms with Gasteiger partial charge < -0.3 is 9.84 Å². The fourth-order valence-electron chi connectivity index (χ4n) is 0.934. The number of hydrogen-bond donors (Lipinski definition) is 1. The Morgan fingerprint density at radius 1 is 1.44 bits per heavy atom. The Kier molecular flexibility index (Phi) is 3.51. The SMILES string of the molecule is CC(C)(C#N)C(=O)COc1ccc(O)cc1. The first-order chi connectivity index (χ1) is 7.45. The largest absolute Gasteiger partial charge is 0.508 e. The van der Waals surface area contributed by atoms with Crippen molar-refractivity contribution in [3.8, 4) is 17.6 Å². The second-order valence-electron chi connectivity index (χ2n) is 3.94. The van der Waals surface area contributed by atoms with Crippen LogP contribution in [-0.2, 0) is 4.79 Å². The van der Waals surface area contributed by atoms with Crippen LogP contribution in [0.4, 0.5) is 0 Å². The van der Waals surface area contributed by atoms with Crippen molar-refractivity contribution in [2.45, 2.75) is 13.8 Å². The Labute approximate surface area is 94.1 Å². The zero-order valence-electron chi connectivity index (χ0n) is 9.23. The molecule has 4 nitrogen and oxygen atoms in total. The van der Waals surface area contributed by atoms with E-state index in [1.807, 2.05) is 6.07 Å². The van der Waals surface area contributed by atoms with E-state index in [2.05, 4.69) is 0 Å². The molecule has 0 unspecified atom stereocenters. The topological polar surface area (TPSA) is 70.3 Å². The molecule has 4 heteroatoms. The van der Waals surface area contributed by atoms with Gasteiger partial charge in [-0.1, -0.05) is 0 Å². The Balaban J connectivity index is 2.56. The van der Waals surface area contributed by atoms with E-state index in [-0.39, 0.29) is 18.1 Å². The quantitative estimate of drug-likeness (QED) is 0.839. The number of Topliss-reactive ketones (excluding diaryl/α,β-unsaturated/α-hetero) is 1. The number of carbonyl (C=O) groups is 1. The van der Waals surface area contributed by atoms with Gasteiger partial charge in [-0.05, 0) is 38.1 Å². The molecule has 0 aliphatic rings. The summed E-state index contributed by atoms with van der Waals surface area (Å²) in [7, 11) is 0. The van der Waals surface area contributed by atoms with Crippen LogP contribution in [0.1, 0.15) is 13.8 Å². The maximum Gasteiger partial charge on any atom is 0.189 e. The third-order valence-corrected chi connectivity index (χ3v) is 2.18. The highest BCUT2D eigenvalue weighted by Crippen LogP contribution is 2.18. The summed E-state index contributed by atoms with van der Waals surface area (Å²) in [5.41, 5.74) is -1.03. The maximum absolute atomic E-state index is 11.5. The molecule has 0 bridgehead atoms. The number of carbonyl (C=O) groups excluding carboxylic acids is 1. The number of nitrogens with zero attached hydrogens (tertiary/aromatic N) is 1. The van der Waals surface area contributed by atoms with Gasteiger partial charge in [0.2, 0.25) is 0 Å². The van der Waals surface area contributed by atoms with Crippen molar-refractivity contribution in [3.05, 3.63) is 24.3 Å². The summed E-state index contributed by atoms with van der Waals surface area (Å²) >= 11 is 0. The van der Waals surface area contributed by atoms with Crippen molar-refractivity contribution >= 4 is 5.78 Å². The van der Waals surface area contributed by atoms with Crippen LogP contribution in [-0.4, -0.2) is 17.5 Å². The van der Waals surface area contributed by atoms with E-state index < -0.39 is 5.41 Å². The van der Waals surface area contributed by atoms with Gasteiger partial charge in [0.1, 0.15) is 23.5 Å². The Morgan fingerprint density at radius 3 is 2.50 bits per heavy atom. The second kappa shape index (κ2) is 4.67. The molecular weight excluding hydrogens is 206 g/mol. The molecule has 1 N–H and O–H groups in total. The molecule has 1 rings (SSSR count). The van der Waals surface area contributed by atoms with Crippen LogP contribution < -0.4 is 4.74 Å². The van der Waals surface area contributed by atoms with E-state index in [1.165, 1.54) is 12.1 Å². The summed E-state index contributed by atoms with van der Waals surface area (Å²) in [6.07, 6.45) is 0. The van der Waals surface area contributed by atoms with Crippen LogP contribution >= 0.6 is 0 Å². The third kappa shape index (κ3) is 2.99. The van der Waals surface area contributed by atoms with E-state index in [9.17, 15) is 4.79 Å². The smallest absolute Gasteiger partial charge is 0.189 e. The second-order valence-corrected chi connectivity index (χ2v) is 3.94. The minimum absolute atomic E-state index is 0.135. The van der Waals surface area contributed by atoms with Crippen LogP contribution in [0.5, 0.6) is 11.5 Å². The molecule has 0 fully saturated rings. The molecule has 1 aromatic rings. The lowest BCUT2D eigenvalue weighted by atomic mass is 9.90. The summed E-state index contributed by atoms with van der Waals surface area (Å²) < 4.78 is 5.20. The van der Waals surface area contributed by atoms with Crippen molar-refractivity contribution in [3.63, 3.8) is 0 Å². The lowest BCUT2D eigenvalue weighted by Gasteiger charge is -2.13. The molecular formula is C12H13NO3. The van der Waals surface area contributed by atoms with E-state index in [0.29, 0.717) is 5.75 Å². The van der Waals surface area contributed by atoms with Crippen LogP contribution in [0.15, 0.2) is 24.3 Å². The number of benzene rings is 1. The Hall–Kier alpha value is -2.02. The van der Waals surface area contributed by atoms with Crippen LogP contribution in [0.3, 0.4) is 0 Å². The molecule has 0 radical (unpaired) electrons. The summed E-state index contributed by atoms with van der Waals surface area (Å²) in [5, 5.41) is 17.8. The molecule has 0 aliphatic heterocycles. The maximum atomic E-state index is 11.5. The average molecular weight is 219 g/mol. The lowest BCUT2D eigenvalue weighted by Crippen LogP contribution is -2.27. The van der Waals surface area contributed by atoms with Gasteiger partial charge in [0, 0.05) is 0 Å². The number of ketones is 1. The van der Waals surface area contributed by atoms with Crippen LogP contribution in [0.2, 0.25) is 0 Å². The first kappa shape index (κ1) is 12.1. The molecule has 0 saturated carbocycles. The summed E-state index contributed by atoms with van der Waals surface area (Å²) in [6, 6.07) is 7.97. The van der Waals surface area contributed by atoms with Crippen molar-refractivity contribution in [2.75, 3.05) is 6.61 Å². The molecule has 0 spiro atoms. The first-order valence-electron chi connectivity index (χ1n) is 4.82. The van der Waals surface area contributed by atoms with E-state index in [1.54, 1.807) is 26.0 Å². The molecule has 0 amide bonds. The minimum Gasteiger partial charge on any atom is -0.508 e. The number of rotatable bonds is 4. The van der Waals surface area contributed by atoms with E-state index in [0.717, 1.165) is 0 Å². The van der Waals surface area contributed by atoms with Crippen LogP contribution in [0, 0.1) is 16.7 Å². The van der Waals surface area contributed by atoms with Crippen molar-refractivity contribution < 1.29 is 14.6 Å². The molecule has 0 atom stereocenters. The molecule has 0 aliphatic carbocycles. The molecule has 0 saturated heterocycles. The predicted octanol–water partition coefficient (Wildman–Crippen LogP) is 1.89. The number of hydrogen-bond acceptors (Lipinski definition) is 4. The average Bonchev–Trinajstić information content (AvgIpc) is 2.28. The fourth-order valence-corrected chi connectivity index (χ4v) is 0.934. The number of phenolic OH excluding ortho intramolecular Hbond substituents is 1. The molecule has 16 heavy (non-hydrogen) atoms. The predicted molar refractivity (Wildman–Crippen MR) is 58.0 cm³/mol. The number of ether oxygens (including phenoxy) is 1. The zero-order chi connectivity index (χ0) is 12.2. The normalized spacial score (nSPS) is 10.6. The van der Waals surface area contributed by atoms with Crippen molar-refractivity contribution in [1.82, 2.24) is 0 Å². The first-order valence-corrected chi connectivity index (χ1v) is 4.82. The van der Waals surface area contributed by atoms with Gasteiger partial charge in [-0.15, -0.1) is 0 Å². The van der Waals surface area contributed by atoms with Crippen LogP contribution in [0.25, 0.3) is 0 Å². The number of phenols is 1. The lowest BCUT2D eigenvalue weighted by molar-refractivity contribution is -0.126. The number of nitriles is 1. The van der Waals surface area contributed by atoms with E-state index in [4.69, 9.17) is 15.1 Å². The van der Waals surface area contributed by atoms with Gasteiger partial charge in [0.05, 0.1) is 6.07 Å². The standard InChI is InChI=1S/C12H13NO3/c1-12(2,8-13)11(15)7-16-10-5-3-9(14)4-6-10/h3-6,14H,7H2,1-2H3. The van der Waals surface area contributed by atoms with Crippen molar-refractivity contribution in [1.29, 1.82) is 5.26 Å². The zero-order valence-corrected chi connectivity index (χ0v) is 9.23. The fraction of sp³-hybridized carbons (Fsp3) is 0.333.